The van der Waals surface area contributed by atoms with Gasteiger partial charge >= 0.3 is 0 Å². The Bertz CT molecular complexity index is 1600. The van der Waals surface area contributed by atoms with Crippen molar-refractivity contribution in [2.75, 3.05) is 19.7 Å². The highest BCUT2D eigenvalue weighted by molar-refractivity contribution is 5.87. The van der Waals surface area contributed by atoms with Crippen LogP contribution in [0.15, 0.2) is 61.8 Å². The van der Waals surface area contributed by atoms with E-state index in [4.69, 9.17) is 4.74 Å². The van der Waals surface area contributed by atoms with Gasteiger partial charge in [-0.15, -0.1) is 0 Å². The SMILES string of the molecule is C=CC(=O)N1CCC2(CC1)CC(n1cc(-c3cc(O[C@H](CO)c4ccc(F)cn4)c4c(C#N)cnn4c3)cn1)C2. The van der Waals surface area contributed by atoms with Gasteiger partial charge in [-0.2, -0.15) is 15.5 Å². The Morgan fingerprint density at radius 2 is 2.02 bits per heavy atom. The first-order valence-corrected chi connectivity index (χ1v) is 13.2. The van der Waals surface area contributed by atoms with Crippen LogP contribution in [0.1, 0.15) is 49.1 Å². The predicted octanol–water partition coefficient (Wildman–Crippen LogP) is 3.85. The van der Waals surface area contributed by atoms with Gasteiger partial charge in [0, 0.05) is 36.6 Å². The summed E-state index contributed by atoms with van der Waals surface area (Å²) in [5.74, 6) is -0.149. The van der Waals surface area contributed by atoms with Crippen LogP contribution >= 0.6 is 0 Å². The Balaban J connectivity index is 1.23. The Morgan fingerprint density at radius 1 is 1.23 bits per heavy atom. The molecule has 1 N–H and O–H groups in total. The van der Waals surface area contributed by atoms with Crippen LogP contribution in [0.3, 0.4) is 0 Å². The largest absolute Gasteiger partial charge is 0.479 e. The first kappa shape index (κ1) is 25.7. The van der Waals surface area contributed by atoms with E-state index >= 15 is 0 Å². The zero-order chi connectivity index (χ0) is 27.9. The van der Waals surface area contributed by atoms with Crippen LogP contribution in [0.25, 0.3) is 16.6 Å². The molecule has 1 aliphatic heterocycles. The van der Waals surface area contributed by atoms with Crippen LogP contribution in [0.2, 0.25) is 0 Å². The summed E-state index contributed by atoms with van der Waals surface area (Å²) < 4.78 is 23.1. The van der Waals surface area contributed by atoms with Crippen LogP contribution < -0.4 is 4.74 Å². The third-order valence-electron chi connectivity index (χ3n) is 8.17. The van der Waals surface area contributed by atoms with E-state index in [1.165, 1.54) is 24.4 Å². The fourth-order valence-electron chi connectivity index (χ4n) is 5.89. The summed E-state index contributed by atoms with van der Waals surface area (Å²) >= 11 is 0. The van der Waals surface area contributed by atoms with Gasteiger partial charge < -0.3 is 14.7 Å². The van der Waals surface area contributed by atoms with Crippen molar-refractivity contribution in [3.05, 3.63) is 78.9 Å². The van der Waals surface area contributed by atoms with Gasteiger partial charge in [-0.05, 0) is 55.4 Å². The molecule has 10 nitrogen and oxygen atoms in total. The van der Waals surface area contributed by atoms with Crippen LogP contribution in [0.5, 0.6) is 5.75 Å². The normalized spacial score (nSPS) is 17.4. The summed E-state index contributed by atoms with van der Waals surface area (Å²) in [7, 11) is 0. The standard InChI is InChI=1S/C29H28FN7O3/c1-2-27(39)35-7-5-29(6-8-35)10-23(11-29)36-17-21(14-33-36)19-9-25(28-20(12-31)13-34-37(28)16-19)40-26(18-38)24-4-3-22(30)15-32-24/h2-4,9,13-17,23,26,38H,1,5-8,10-11,18H2/t26-/m1/s1. The van der Waals surface area contributed by atoms with Crippen molar-refractivity contribution in [1.29, 1.82) is 5.26 Å². The van der Waals surface area contributed by atoms with Crippen molar-refractivity contribution >= 4 is 11.4 Å². The monoisotopic (exact) mass is 541 g/mol. The first-order chi connectivity index (χ1) is 19.4. The zero-order valence-electron chi connectivity index (χ0n) is 21.8. The molecule has 4 aromatic rings. The molecule has 2 fully saturated rings. The lowest BCUT2D eigenvalue weighted by Gasteiger charge is -2.52. The van der Waals surface area contributed by atoms with Crippen molar-refractivity contribution in [3.8, 4) is 22.9 Å². The van der Waals surface area contributed by atoms with E-state index < -0.39 is 18.5 Å². The molecule has 0 bridgehead atoms. The molecule has 1 saturated heterocycles. The second-order valence-corrected chi connectivity index (χ2v) is 10.5. The molecule has 40 heavy (non-hydrogen) atoms. The van der Waals surface area contributed by atoms with Crippen molar-refractivity contribution in [1.82, 2.24) is 29.3 Å². The molecule has 2 aliphatic rings. The molecule has 11 heteroatoms. The van der Waals surface area contributed by atoms with E-state index in [9.17, 15) is 19.6 Å². The minimum Gasteiger partial charge on any atom is -0.479 e. The van der Waals surface area contributed by atoms with Gasteiger partial charge in [-0.25, -0.2) is 8.91 Å². The van der Waals surface area contributed by atoms with Gasteiger partial charge in [0.25, 0.3) is 0 Å². The van der Waals surface area contributed by atoms with Gasteiger partial charge in [0.1, 0.15) is 28.7 Å². The number of ether oxygens (including phenoxy) is 1. The Kier molecular flexibility index (Phi) is 6.56. The van der Waals surface area contributed by atoms with Crippen LogP contribution in [-0.2, 0) is 4.79 Å². The van der Waals surface area contributed by atoms with Gasteiger partial charge in [-0.3, -0.25) is 14.5 Å². The molecular formula is C29H28FN7O3. The topological polar surface area (TPSA) is 122 Å². The number of hydrogen-bond acceptors (Lipinski definition) is 7. The maximum atomic E-state index is 13.4. The van der Waals surface area contributed by atoms with E-state index in [2.05, 4.69) is 27.8 Å². The maximum Gasteiger partial charge on any atom is 0.245 e. The molecule has 1 amide bonds. The highest BCUT2D eigenvalue weighted by Crippen LogP contribution is 2.54. The molecule has 4 aromatic heterocycles. The van der Waals surface area contributed by atoms with Crippen LogP contribution in [0.4, 0.5) is 4.39 Å². The molecular weight excluding hydrogens is 513 g/mol. The number of pyridine rings is 2. The minimum absolute atomic E-state index is 0.000991. The van der Waals surface area contributed by atoms with Crippen molar-refractivity contribution < 1.29 is 19.0 Å². The number of aromatic nitrogens is 5. The summed E-state index contributed by atoms with van der Waals surface area (Å²) in [6.45, 7) is 4.73. The number of fused-ring (bicyclic) bond motifs is 1. The van der Waals surface area contributed by atoms with Crippen LogP contribution in [-0.4, -0.2) is 60.0 Å². The number of aliphatic hydroxyl groups is 1. The van der Waals surface area contributed by atoms with E-state index in [0.717, 1.165) is 56.1 Å². The summed E-state index contributed by atoms with van der Waals surface area (Å²) in [5.41, 5.74) is 3.02. The average Bonchev–Trinajstić information content (AvgIpc) is 3.62. The Labute approximate surface area is 229 Å². The number of carbonyl (C=O) groups is 1. The van der Waals surface area contributed by atoms with Crippen molar-refractivity contribution in [3.63, 3.8) is 0 Å². The third-order valence-corrected chi connectivity index (χ3v) is 8.17. The van der Waals surface area contributed by atoms with E-state index in [1.807, 2.05) is 22.0 Å². The first-order valence-electron chi connectivity index (χ1n) is 13.2. The number of carbonyl (C=O) groups excluding carboxylic acids is 1. The van der Waals surface area contributed by atoms with Crippen molar-refractivity contribution in [2.45, 2.75) is 37.8 Å². The Morgan fingerprint density at radius 3 is 2.70 bits per heavy atom. The van der Waals surface area contributed by atoms with Crippen molar-refractivity contribution in [2.24, 2.45) is 5.41 Å². The molecule has 5 heterocycles. The summed E-state index contributed by atoms with van der Waals surface area (Å²) in [4.78, 5) is 17.8. The molecule has 6 rings (SSSR count). The van der Waals surface area contributed by atoms with E-state index in [-0.39, 0.29) is 17.4 Å². The summed E-state index contributed by atoms with van der Waals surface area (Å²) in [6.07, 6.45) is 12.7. The number of nitriles is 1. The molecule has 1 atom stereocenters. The van der Waals surface area contributed by atoms with Gasteiger partial charge in [-0.1, -0.05) is 6.58 Å². The number of nitrogens with zero attached hydrogens (tertiary/aromatic N) is 7. The molecule has 1 spiro atoms. The van der Waals surface area contributed by atoms with E-state index in [1.54, 1.807) is 16.8 Å². The quantitative estimate of drug-likeness (QED) is 0.353. The lowest BCUT2D eigenvalue weighted by molar-refractivity contribution is -0.130. The predicted molar refractivity (Wildman–Crippen MR) is 142 cm³/mol. The average molecular weight is 542 g/mol. The van der Waals surface area contributed by atoms with Gasteiger partial charge in [0.2, 0.25) is 5.91 Å². The molecule has 1 aliphatic carbocycles. The second-order valence-electron chi connectivity index (χ2n) is 10.5. The number of likely N-dealkylation sites (tertiary alicyclic amines) is 1. The minimum atomic E-state index is -0.872. The highest BCUT2D eigenvalue weighted by atomic mass is 19.1. The van der Waals surface area contributed by atoms with Crippen LogP contribution in [0, 0.1) is 22.6 Å². The van der Waals surface area contributed by atoms with E-state index in [0.29, 0.717) is 22.5 Å². The number of piperidine rings is 1. The molecule has 0 radical (unpaired) electrons. The number of halogens is 1. The Hall–Kier alpha value is -4.56. The van der Waals surface area contributed by atoms with Gasteiger partial charge in [0.05, 0.1) is 36.9 Å². The third kappa shape index (κ3) is 4.60. The highest BCUT2D eigenvalue weighted by Gasteiger charge is 2.47. The second kappa shape index (κ2) is 10.2. The summed E-state index contributed by atoms with van der Waals surface area (Å²) in [5, 5.41) is 28.6. The number of rotatable bonds is 7. The zero-order valence-corrected chi connectivity index (χ0v) is 21.8. The maximum absolute atomic E-state index is 13.4. The lowest BCUT2D eigenvalue weighted by atomic mass is 9.60. The molecule has 0 unspecified atom stereocenters. The molecule has 0 aromatic carbocycles. The summed E-state index contributed by atoms with van der Waals surface area (Å²) in [6, 6.07) is 6.91. The number of hydrogen-bond donors (Lipinski definition) is 1. The van der Waals surface area contributed by atoms with Gasteiger partial charge in [0.15, 0.2) is 6.10 Å². The fourth-order valence-corrected chi connectivity index (χ4v) is 5.89. The number of aliphatic hydroxyl groups excluding tert-OH is 1. The smallest absolute Gasteiger partial charge is 0.245 e. The number of amides is 1. The lowest BCUT2D eigenvalue weighted by Crippen LogP contribution is -2.48. The molecule has 1 saturated carbocycles. The molecule has 204 valence electrons. The fraction of sp³-hybridized carbons (Fsp3) is 0.345.